The van der Waals surface area contributed by atoms with E-state index in [1.165, 1.54) is 0 Å². The topological polar surface area (TPSA) is 146 Å². The fourth-order valence-electron chi connectivity index (χ4n) is 4.22. The number of nitrogens with zero attached hydrogens (tertiary/aromatic N) is 1. The first-order chi connectivity index (χ1) is 15.0. The minimum atomic E-state index is -3.57. The highest BCUT2D eigenvalue weighted by Gasteiger charge is 2.40. The number of primary sulfonamides is 1. The van der Waals surface area contributed by atoms with Gasteiger partial charge in [0, 0.05) is 39.7 Å². The lowest BCUT2D eigenvalue weighted by Crippen LogP contribution is -2.32. The number of carbonyl (C=O) groups is 2. The van der Waals surface area contributed by atoms with Crippen LogP contribution in [0.4, 0.5) is 0 Å². The van der Waals surface area contributed by atoms with Crippen molar-refractivity contribution in [3.63, 3.8) is 0 Å². The van der Waals surface area contributed by atoms with Crippen LogP contribution in [0.15, 0.2) is 36.4 Å². The van der Waals surface area contributed by atoms with Gasteiger partial charge in [-0.05, 0) is 42.3 Å². The first-order valence-corrected chi connectivity index (χ1v) is 11.8. The molecule has 0 aliphatic heterocycles. The van der Waals surface area contributed by atoms with Gasteiger partial charge in [-0.1, -0.05) is 19.9 Å². The van der Waals surface area contributed by atoms with E-state index in [0.717, 1.165) is 22.2 Å². The summed E-state index contributed by atoms with van der Waals surface area (Å²) in [5, 5.41) is 17.6. The van der Waals surface area contributed by atoms with Crippen molar-refractivity contribution in [2.75, 3.05) is 12.3 Å². The van der Waals surface area contributed by atoms with Crippen molar-refractivity contribution in [3.05, 3.63) is 69.9 Å². The third kappa shape index (κ3) is 3.68. The molecule has 8 nitrogen and oxygen atoms in total. The van der Waals surface area contributed by atoms with Crippen LogP contribution in [0.3, 0.4) is 0 Å². The van der Waals surface area contributed by atoms with Crippen LogP contribution >= 0.6 is 0 Å². The molecular weight excluding hydrogens is 428 g/mol. The summed E-state index contributed by atoms with van der Waals surface area (Å²) in [6.45, 7) is 4.12. The van der Waals surface area contributed by atoms with Crippen LogP contribution in [-0.2, 0) is 15.4 Å². The van der Waals surface area contributed by atoms with E-state index < -0.39 is 15.4 Å². The number of aromatic nitrogens is 1. The number of amides is 1. The quantitative estimate of drug-likeness (QED) is 0.511. The second-order valence-corrected chi connectivity index (χ2v) is 10.2. The van der Waals surface area contributed by atoms with Crippen LogP contribution in [0.25, 0.3) is 10.9 Å². The van der Waals surface area contributed by atoms with Gasteiger partial charge in [0.1, 0.15) is 0 Å². The minimum Gasteiger partial charge on any atom is -0.357 e. The van der Waals surface area contributed by atoms with E-state index in [2.05, 4.69) is 16.4 Å². The lowest BCUT2D eigenvalue weighted by atomic mass is 9.71. The van der Waals surface area contributed by atoms with E-state index in [-0.39, 0.29) is 30.4 Å². The number of hydrogen-bond donors (Lipinski definition) is 3. The van der Waals surface area contributed by atoms with Gasteiger partial charge in [0.2, 0.25) is 10.0 Å². The monoisotopic (exact) mass is 450 g/mol. The molecule has 0 radical (unpaired) electrons. The van der Waals surface area contributed by atoms with Gasteiger partial charge in [-0.3, -0.25) is 9.59 Å². The molecule has 9 heteroatoms. The van der Waals surface area contributed by atoms with Crippen molar-refractivity contribution in [2.45, 2.75) is 25.7 Å². The fourth-order valence-corrected chi connectivity index (χ4v) is 4.77. The van der Waals surface area contributed by atoms with Crippen LogP contribution in [0.5, 0.6) is 0 Å². The first-order valence-electron chi connectivity index (χ1n) is 10.1. The van der Waals surface area contributed by atoms with E-state index in [9.17, 15) is 23.3 Å². The molecule has 0 fully saturated rings. The molecule has 0 saturated carbocycles. The Bertz CT molecular complexity index is 1430. The summed E-state index contributed by atoms with van der Waals surface area (Å²) in [5.41, 5.74) is 3.59. The number of fused-ring (bicyclic) bond motifs is 4. The molecule has 1 aliphatic carbocycles. The van der Waals surface area contributed by atoms with Gasteiger partial charge in [0.25, 0.3) is 5.91 Å². The molecule has 0 spiro atoms. The Balaban J connectivity index is 1.68. The number of ketones is 1. The summed E-state index contributed by atoms with van der Waals surface area (Å²) in [6, 6.07) is 12.3. The van der Waals surface area contributed by atoms with Crippen molar-refractivity contribution in [1.82, 2.24) is 10.3 Å². The Morgan fingerprint density at radius 3 is 2.66 bits per heavy atom. The summed E-state index contributed by atoms with van der Waals surface area (Å²) in [5.74, 6) is -0.702. The minimum absolute atomic E-state index is 0.134. The lowest BCUT2D eigenvalue weighted by Gasteiger charge is -2.32. The molecule has 1 amide bonds. The molecule has 0 unspecified atom stereocenters. The Labute approximate surface area is 185 Å². The lowest BCUT2D eigenvalue weighted by molar-refractivity contribution is 0.0951. The van der Waals surface area contributed by atoms with E-state index in [0.29, 0.717) is 22.3 Å². The Kier molecular flexibility index (Phi) is 5.15. The van der Waals surface area contributed by atoms with Crippen LogP contribution in [0.2, 0.25) is 0 Å². The third-order valence-corrected chi connectivity index (χ3v) is 6.73. The highest BCUT2D eigenvalue weighted by atomic mass is 32.2. The van der Waals surface area contributed by atoms with Gasteiger partial charge in [-0.2, -0.15) is 5.26 Å². The highest BCUT2D eigenvalue weighted by molar-refractivity contribution is 7.89. The van der Waals surface area contributed by atoms with Crippen LogP contribution < -0.4 is 10.5 Å². The number of nitriles is 1. The molecular formula is C23H22N4O4S. The second-order valence-electron chi connectivity index (χ2n) is 8.44. The smallest absolute Gasteiger partial charge is 0.251 e. The zero-order chi connectivity index (χ0) is 23.3. The predicted molar refractivity (Wildman–Crippen MR) is 120 cm³/mol. The number of sulfonamides is 1. The number of nitrogens with one attached hydrogen (secondary N) is 2. The average molecular weight is 451 g/mol. The normalized spacial score (nSPS) is 14.5. The number of rotatable bonds is 5. The number of aromatic amines is 1. The number of carbonyl (C=O) groups excluding carboxylic acids is 2. The van der Waals surface area contributed by atoms with Crippen molar-refractivity contribution in [3.8, 4) is 6.07 Å². The molecule has 2 aromatic carbocycles. The maximum Gasteiger partial charge on any atom is 0.251 e. The number of hydrogen-bond acceptors (Lipinski definition) is 5. The Hall–Kier alpha value is -3.48. The zero-order valence-corrected chi connectivity index (χ0v) is 18.5. The number of H-pyrrole nitrogens is 1. The van der Waals surface area contributed by atoms with Crippen LogP contribution in [-0.4, -0.2) is 37.4 Å². The molecule has 32 heavy (non-hydrogen) atoms. The van der Waals surface area contributed by atoms with E-state index in [1.54, 1.807) is 36.4 Å². The van der Waals surface area contributed by atoms with Crippen molar-refractivity contribution >= 4 is 32.6 Å². The van der Waals surface area contributed by atoms with Crippen LogP contribution in [0.1, 0.15) is 63.4 Å². The number of benzene rings is 2. The summed E-state index contributed by atoms with van der Waals surface area (Å²) >= 11 is 0. The molecule has 0 atom stereocenters. The largest absolute Gasteiger partial charge is 0.357 e. The average Bonchev–Trinajstić information content (AvgIpc) is 3.14. The molecule has 4 rings (SSSR count). The standard InChI is InChI=1S/C23H22N4O4S/c1-23(2)17-11-14(22(29)26-8-3-9-32(25,30)31)5-7-15(17)20(28)19-16-6-4-13(12-24)10-18(16)27-21(19)23/h4-7,10-11,27H,3,8-9H2,1-2H3,(H,26,29)(H2,25,30,31). The van der Waals surface area contributed by atoms with E-state index in [4.69, 9.17) is 5.14 Å². The van der Waals surface area contributed by atoms with Crippen molar-refractivity contribution in [1.29, 1.82) is 5.26 Å². The van der Waals surface area contributed by atoms with Gasteiger partial charge >= 0.3 is 0 Å². The SMILES string of the molecule is CC1(C)c2cc(C(=O)NCCCS(N)(=O)=O)ccc2C(=O)c2c1[nH]c1cc(C#N)ccc21. The van der Waals surface area contributed by atoms with Gasteiger partial charge < -0.3 is 10.3 Å². The van der Waals surface area contributed by atoms with Crippen molar-refractivity contribution in [2.24, 2.45) is 5.14 Å². The van der Waals surface area contributed by atoms with E-state index >= 15 is 0 Å². The molecule has 164 valence electrons. The van der Waals surface area contributed by atoms with Crippen molar-refractivity contribution < 1.29 is 18.0 Å². The van der Waals surface area contributed by atoms with Gasteiger partial charge in [0.05, 0.1) is 22.9 Å². The van der Waals surface area contributed by atoms with Gasteiger partial charge in [-0.25, -0.2) is 13.6 Å². The van der Waals surface area contributed by atoms with Crippen LogP contribution in [0, 0.1) is 11.3 Å². The summed E-state index contributed by atoms with van der Waals surface area (Å²) in [6.07, 6.45) is 0.211. The third-order valence-electron chi connectivity index (χ3n) is 5.87. The van der Waals surface area contributed by atoms with E-state index in [1.807, 2.05) is 13.8 Å². The molecule has 1 aliphatic rings. The second kappa shape index (κ2) is 7.58. The predicted octanol–water partition coefficient (Wildman–Crippen LogP) is 2.32. The molecule has 4 N–H and O–H groups in total. The van der Waals surface area contributed by atoms with Gasteiger partial charge in [-0.15, -0.1) is 0 Å². The molecule has 3 aromatic rings. The number of nitrogens with two attached hydrogens (primary N) is 1. The van der Waals surface area contributed by atoms with Gasteiger partial charge in [0.15, 0.2) is 5.78 Å². The highest BCUT2D eigenvalue weighted by Crippen LogP contribution is 2.43. The summed E-state index contributed by atoms with van der Waals surface area (Å²) in [4.78, 5) is 29.3. The zero-order valence-electron chi connectivity index (χ0n) is 17.7. The Morgan fingerprint density at radius 2 is 1.97 bits per heavy atom. The Morgan fingerprint density at radius 1 is 1.22 bits per heavy atom. The maximum absolute atomic E-state index is 13.4. The molecule has 0 bridgehead atoms. The first kappa shape index (κ1) is 21.7. The fraction of sp³-hybridized carbons (Fsp3) is 0.261. The summed E-state index contributed by atoms with van der Waals surface area (Å²) in [7, 11) is -3.57. The molecule has 1 aromatic heterocycles. The molecule has 1 heterocycles. The maximum atomic E-state index is 13.4. The molecule has 0 saturated heterocycles. The summed E-state index contributed by atoms with van der Waals surface area (Å²) < 4.78 is 22.0.